The summed E-state index contributed by atoms with van der Waals surface area (Å²) in [5, 5.41) is -0.563. The van der Waals surface area contributed by atoms with Crippen LogP contribution in [0, 0.1) is 0 Å². The molecule has 0 atom stereocenters. The summed E-state index contributed by atoms with van der Waals surface area (Å²) in [4.78, 5) is 0. The van der Waals surface area contributed by atoms with E-state index in [0.29, 0.717) is 0 Å². The summed E-state index contributed by atoms with van der Waals surface area (Å²) in [5.41, 5.74) is 5.79. The first-order valence-electron chi connectivity index (χ1n) is 6.76. The molecule has 19 heavy (non-hydrogen) atoms. The Morgan fingerprint density at radius 2 is 1.47 bits per heavy atom. The zero-order valence-corrected chi connectivity index (χ0v) is 12.5. The lowest BCUT2D eigenvalue weighted by atomic mass is 9.93. The smallest absolute Gasteiger partial charge is 0.214 e. The van der Waals surface area contributed by atoms with Gasteiger partial charge < -0.3 is 5.73 Å². The summed E-state index contributed by atoms with van der Waals surface area (Å²) >= 11 is 0. The average molecular weight is 310 g/mol. The largest absolute Gasteiger partial charge is 0.328 e. The van der Waals surface area contributed by atoms with Crippen LogP contribution in [0.5, 0.6) is 0 Å². The third-order valence-corrected chi connectivity index (χ3v) is 7.77. The van der Waals surface area contributed by atoms with Gasteiger partial charge in [0, 0.05) is 12.1 Å². The Morgan fingerprint density at radius 1 is 0.947 bits per heavy atom. The molecule has 2 rings (SSSR count). The van der Waals surface area contributed by atoms with Crippen molar-refractivity contribution in [2.75, 3.05) is 11.5 Å². The second kappa shape index (κ2) is 5.67. The molecule has 0 spiro atoms. The van der Waals surface area contributed by atoms with Gasteiger partial charge in [0.05, 0.1) is 16.8 Å². The first-order valence-corrected chi connectivity index (χ1v) is 10.1. The van der Waals surface area contributed by atoms with Crippen LogP contribution >= 0.6 is 0 Å². The Morgan fingerprint density at radius 3 is 2.00 bits per heavy atom. The predicted octanol–water partition coefficient (Wildman–Crippen LogP) is -0.247. The van der Waals surface area contributed by atoms with E-state index in [2.05, 4.69) is 4.72 Å². The number of sulfonamides is 1. The van der Waals surface area contributed by atoms with Gasteiger partial charge in [-0.2, -0.15) is 0 Å². The maximum absolute atomic E-state index is 12.2. The molecule has 1 aliphatic heterocycles. The number of rotatable bonds is 3. The van der Waals surface area contributed by atoms with Crippen molar-refractivity contribution in [3.05, 3.63) is 0 Å². The molecule has 0 aromatic heterocycles. The third-order valence-electron chi connectivity index (χ3n) is 4.04. The molecule has 2 fully saturated rings. The number of sulfone groups is 1. The van der Waals surface area contributed by atoms with Crippen molar-refractivity contribution < 1.29 is 16.8 Å². The number of hydrogen-bond acceptors (Lipinski definition) is 5. The lowest BCUT2D eigenvalue weighted by molar-refractivity contribution is 0.372. The van der Waals surface area contributed by atoms with Crippen molar-refractivity contribution in [3.63, 3.8) is 0 Å². The summed E-state index contributed by atoms with van der Waals surface area (Å²) in [6.07, 6.45) is 3.64. The highest BCUT2D eigenvalue weighted by atomic mass is 32.2. The molecule has 1 aliphatic carbocycles. The van der Waals surface area contributed by atoms with Gasteiger partial charge in [-0.3, -0.25) is 0 Å². The van der Waals surface area contributed by atoms with E-state index >= 15 is 0 Å². The molecule has 1 heterocycles. The molecular formula is C11H22N2O4S2. The highest BCUT2D eigenvalue weighted by molar-refractivity contribution is 7.92. The minimum Gasteiger partial charge on any atom is -0.328 e. The van der Waals surface area contributed by atoms with Gasteiger partial charge in [0.2, 0.25) is 10.0 Å². The fourth-order valence-corrected chi connectivity index (χ4v) is 6.28. The summed E-state index contributed by atoms with van der Waals surface area (Å²) in [6.45, 7) is 0. The van der Waals surface area contributed by atoms with Crippen LogP contribution in [0.25, 0.3) is 0 Å². The van der Waals surface area contributed by atoms with Crippen molar-refractivity contribution in [3.8, 4) is 0 Å². The van der Waals surface area contributed by atoms with Crippen molar-refractivity contribution >= 4 is 19.9 Å². The summed E-state index contributed by atoms with van der Waals surface area (Å²) < 4.78 is 49.8. The van der Waals surface area contributed by atoms with E-state index in [4.69, 9.17) is 5.73 Å². The molecule has 0 unspecified atom stereocenters. The van der Waals surface area contributed by atoms with Gasteiger partial charge >= 0.3 is 0 Å². The van der Waals surface area contributed by atoms with Crippen LogP contribution in [0.15, 0.2) is 0 Å². The predicted molar refractivity (Wildman–Crippen MR) is 74.0 cm³/mol. The van der Waals surface area contributed by atoms with Crippen LogP contribution in [0.2, 0.25) is 0 Å². The molecule has 0 aromatic rings. The van der Waals surface area contributed by atoms with Crippen molar-refractivity contribution in [1.29, 1.82) is 0 Å². The second-order valence-corrected chi connectivity index (χ2v) is 9.92. The van der Waals surface area contributed by atoms with Gasteiger partial charge in [-0.25, -0.2) is 21.6 Å². The summed E-state index contributed by atoms with van der Waals surface area (Å²) in [5.74, 6) is -0.0394. The first kappa shape index (κ1) is 15.2. The maximum atomic E-state index is 12.2. The molecule has 3 N–H and O–H groups in total. The van der Waals surface area contributed by atoms with Gasteiger partial charge in [-0.05, 0) is 38.5 Å². The van der Waals surface area contributed by atoms with E-state index in [1.54, 1.807) is 0 Å². The van der Waals surface area contributed by atoms with E-state index < -0.39 is 25.1 Å². The molecular weight excluding hydrogens is 288 g/mol. The first-order chi connectivity index (χ1) is 8.78. The van der Waals surface area contributed by atoms with Gasteiger partial charge in [-0.15, -0.1) is 0 Å². The van der Waals surface area contributed by atoms with Crippen molar-refractivity contribution in [1.82, 2.24) is 4.72 Å². The van der Waals surface area contributed by atoms with Crippen LogP contribution < -0.4 is 10.5 Å². The van der Waals surface area contributed by atoms with E-state index in [1.165, 1.54) is 0 Å². The zero-order valence-electron chi connectivity index (χ0n) is 10.9. The highest BCUT2D eigenvalue weighted by Crippen LogP contribution is 2.22. The van der Waals surface area contributed by atoms with E-state index in [-0.39, 0.29) is 36.4 Å². The number of nitrogens with two attached hydrogens (primary N) is 1. The van der Waals surface area contributed by atoms with Gasteiger partial charge in [-0.1, -0.05) is 0 Å². The summed E-state index contributed by atoms with van der Waals surface area (Å²) in [6, 6.07) is 0.143. The molecule has 0 radical (unpaired) electrons. The third kappa shape index (κ3) is 4.14. The van der Waals surface area contributed by atoms with Crippen molar-refractivity contribution in [2.24, 2.45) is 5.73 Å². The monoisotopic (exact) mass is 310 g/mol. The molecule has 8 heteroatoms. The second-order valence-electron chi connectivity index (χ2n) is 5.63. The van der Waals surface area contributed by atoms with Crippen molar-refractivity contribution in [2.45, 2.75) is 55.9 Å². The van der Waals surface area contributed by atoms with Gasteiger partial charge in [0.15, 0.2) is 0 Å². The quantitative estimate of drug-likeness (QED) is 0.748. The van der Waals surface area contributed by atoms with E-state index in [0.717, 1.165) is 25.7 Å². The zero-order chi connectivity index (χ0) is 14.1. The molecule has 0 bridgehead atoms. The Kier molecular flexibility index (Phi) is 4.54. The van der Waals surface area contributed by atoms with Crippen LogP contribution in [-0.4, -0.2) is 45.7 Å². The fraction of sp³-hybridized carbons (Fsp3) is 1.00. The highest BCUT2D eigenvalue weighted by Gasteiger charge is 2.34. The Labute approximate surface area is 115 Å². The number of nitrogens with one attached hydrogen (secondary N) is 1. The standard InChI is InChI=1S/C11H22N2O4S2/c12-9-1-3-10(4-2-9)13-19(16,17)11-5-7-18(14,15)8-6-11/h9-11,13H,1-8,12H2. The van der Waals surface area contributed by atoms with E-state index in [9.17, 15) is 16.8 Å². The topological polar surface area (TPSA) is 106 Å². The fourth-order valence-electron chi connectivity index (χ4n) is 2.74. The molecule has 0 amide bonds. The normalized spacial score (nSPS) is 33.1. The molecule has 112 valence electrons. The molecule has 1 saturated heterocycles. The molecule has 2 aliphatic rings. The minimum atomic E-state index is -3.41. The van der Waals surface area contributed by atoms with Crippen LogP contribution in [0.3, 0.4) is 0 Å². The van der Waals surface area contributed by atoms with Crippen LogP contribution in [0.4, 0.5) is 0 Å². The lowest BCUT2D eigenvalue weighted by Crippen LogP contribution is -2.46. The number of hydrogen-bond donors (Lipinski definition) is 2. The lowest BCUT2D eigenvalue weighted by Gasteiger charge is -2.29. The Balaban J connectivity index is 1.92. The Hall–Kier alpha value is -0.180. The minimum absolute atomic E-state index is 0.0197. The maximum Gasteiger partial charge on any atom is 0.214 e. The molecule has 0 aromatic carbocycles. The summed E-state index contributed by atoms with van der Waals surface area (Å²) in [7, 11) is -6.43. The molecule has 6 nitrogen and oxygen atoms in total. The Bertz CT molecular complexity index is 493. The molecule has 1 saturated carbocycles. The average Bonchev–Trinajstić information content (AvgIpc) is 2.31. The van der Waals surface area contributed by atoms with Crippen LogP contribution in [-0.2, 0) is 19.9 Å². The van der Waals surface area contributed by atoms with Gasteiger partial charge in [0.1, 0.15) is 9.84 Å². The van der Waals surface area contributed by atoms with E-state index in [1.807, 2.05) is 0 Å². The van der Waals surface area contributed by atoms with Gasteiger partial charge in [0.25, 0.3) is 0 Å². The SMILES string of the molecule is NC1CCC(NS(=O)(=O)C2CCS(=O)(=O)CC2)CC1. The van der Waals surface area contributed by atoms with Crippen LogP contribution in [0.1, 0.15) is 38.5 Å².